The highest BCUT2D eigenvalue weighted by Crippen LogP contribution is 2.68. The number of carbonyl (C=O) groups excluding carboxylic acids is 2. The Morgan fingerprint density at radius 3 is 2.48 bits per heavy atom. The number of methoxy groups -OCH3 is 1. The highest BCUT2D eigenvalue weighted by molar-refractivity contribution is 8.03. The van der Waals surface area contributed by atoms with Gasteiger partial charge in [-0.1, -0.05) is 30.3 Å². The number of aliphatic hydroxyl groups excluding tert-OH is 1. The van der Waals surface area contributed by atoms with Crippen LogP contribution < -0.4 is 0 Å². The third-order valence-electron chi connectivity index (χ3n) is 6.24. The maximum absolute atomic E-state index is 14.0. The topological polar surface area (TPSA) is 87.4 Å². The summed E-state index contributed by atoms with van der Waals surface area (Å²) in [6.45, 7) is 0. The molecule has 0 unspecified atom stereocenters. The SMILES string of the molecule is COC(=O)[C@@]1(SC(F)(F)F)CC[C@@]2(C1=O)[C@@H](O)c1ccccc1S[C@H]2c1ccc(C#N)cc1. The van der Waals surface area contributed by atoms with Crippen LogP contribution in [-0.4, -0.2) is 34.2 Å². The van der Waals surface area contributed by atoms with Gasteiger partial charge in [0, 0.05) is 10.1 Å². The summed E-state index contributed by atoms with van der Waals surface area (Å²) in [6, 6.07) is 15.2. The molecule has 0 amide bonds. The number of hydrogen-bond acceptors (Lipinski definition) is 7. The normalized spacial score (nSPS) is 28.9. The van der Waals surface area contributed by atoms with Crippen molar-refractivity contribution in [3.8, 4) is 6.07 Å². The number of thioether (sulfide) groups is 2. The van der Waals surface area contributed by atoms with Crippen molar-refractivity contribution in [1.82, 2.24) is 0 Å². The Hall–Kier alpha value is -2.48. The van der Waals surface area contributed by atoms with Gasteiger partial charge in [-0.25, -0.2) is 0 Å². The summed E-state index contributed by atoms with van der Waals surface area (Å²) in [7, 11) is 0.943. The van der Waals surface area contributed by atoms with Crippen LogP contribution in [0.4, 0.5) is 13.2 Å². The van der Waals surface area contributed by atoms with E-state index >= 15 is 0 Å². The molecule has 10 heteroatoms. The number of aliphatic hydroxyl groups is 1. The number of ketones is 1. The quantitative estimate of drug-likeness (QED) is 0.478. The second-order valence-electron chi connectivity index (χ2n) is 7.91. The number of carbonyl (C=O) groups is 2. The second-order valence-corrected chi connectivity index (χ2v) is 10.4. The van der Waals surface area contributed by atoms with Crippen LogP contribution in [-0.2, 0) is 14.3 Å². The molecular weight excluding hydrogens is 475 g/mol. The Morgan fingerprint density at radius 1 is 1.21 bits per heavy atom. The summed E-state index contributed by atoms with van der Waals surface area (Å²) in [6.07, 6.45) is -1.99. The largest absolute Gasteiger partial charge is 0.468 e. The van der Waals surface area contributed by atoms with E-state index < -0.39 is 57.0 Å². The first kappa shape index (κ1) is 23.7. The summed E-state index contributed by atoms with van der Waals surface area (Å²) in [5, 5.41) is 19.8. The van der Waals surface area contributed by atoms with Gasteiger partial charge in [0.2, 0.25) is 0 Å². The molecule has 0 saturated heterocycles. The number of hydrogen-bond donors (Lipinski definition) is 1. The van der Waals surface area contributed by atoms with E-state index in [-0.39, 0.29) is 6.42 Å². The molecule has 1 heterocycles. The first-order valence-corrected chi connectivity index (χ1v) is 11.6. The van der Waals surface area contributed by atoms with E-state index in [1.165, 1.54) is 11.8 Å². The van der Waals surface area contributed by atoms with Crippen LogP contribution in [0, 0.1) is 16.7 Å². The summed E-state index contributed by atoms with van der Waals surface area (Å²) in [4.78, 5) is 27.3. The lowest BCUT2D eigenvalue weighted by Crippen LogP contribution is -2.51. The van der Waals surface area contributed by atoms with Gasteiger partial charge in [0.05, 0.1) is 30.3 Å². The monoisotopic (exact) mass is 493 g/mol. The van der Waals surface area contributed by atoms with Crippen molar-refractivity contribution in [2.75, 3.05) is 7.11 Å². The zero-order valence-corrected chi connectivity index (χ0v) is 18.9. The smallest absolute Gasteiger partial charge is 0.443 e. The van der Waals surface area contributed by atoms with Gasteiger partial charge in [0.25, 0.3) is 0 Å². The molecule has 0 radical (unpaired) electrons. The van der Waals surface area contributed by atoms with E-state index in [1.807, 2.05) is 6.07 Å². The molecule has 1 aliphatic carbocycles. The van der Waals surface area contributed by atoms with E-state index in [1.54, 1.807) is 48.5 Å². The molecule has 1 aliphatic heterocycles. The van der Waals surface area contributed by atoms with Crippen LogP contribution in [0.1, 0.15) is 40.9 Å². The maximum Gasteiger partial charge on any atom is 0.443 e. The zero-order chi connectivity index (χ0) is 24.0. The molecule has 1 spiro atoms. The van der Waals surface area contributed by atoms with Crippen LogP contribution in [0.25, 0.3) is 0 Å². The predicted octanol–water partition coefficient (Wildman–Crippen LogP) is 4.95. The Bertz CT molecular complexity index is 1150. The van der Waals surface area contributed by atoms with Crippen LogP contribution in [0.3, 0.4) is 0 Å². The molecule has 1 N–H and O–H groups in total. The number of benzene rings is 2. The number of ether oxygens (including phenoxy) is 1. The fraction of sp³-hybridized carbons (Fsp3) is 0.348. The average Bonchev–Trinajstić information content (AvgIpc) is 3.08. The number of esters is 1. The fourth-order valence-corrected chi connectivity index (χ4v) is 7.39. The highest BCUT2D eigenvalue weighted by Gasteiger charge is 2.70. The minimum atomic E-state index is -4.87. The minimum Gasteiger partial charge on any atom is -0.468 e. The van der Waals surface area contributed by atoms with Crippen molar-refractivity contribution in [3.63, 3.8) is 0 Å². The third kappa shape index (κ3) is 3.72. The van der Waals surface area contributed by atoms with E-state index in [9.17, 15) is 27.9 Å². The second kappa shape index (κ2) is 8.38. The lowest BCUT2D eigenvalue weighted by atomic mass is 9.70. The van der Waals surface area contributed by atoms with Crippen LogP contribution >= 0.6 is 23.5 Å². The average molecular weight is 494 g/mol. The Labute approximate surface area is 196 Å². The molecular formula is C23H18F3NO4S2. The van der Waals surface area contributed by atoms with Crippen LogP contribution in [0.2, 0.25) is 0 Å². The number of fused-ring (bicyclic) bond motifs is 1. The molecule has 172 valence electrons. The first-order chi connectivity index (χ1) is 15.6. The van der Waals surface area contributed by atoms with Gasteiger partial charge in [0.15, 0.2) is 10.5 Å². The molecule has 2 aromatic rings. The van der Waals surface area contributed by atoms with Crippen molar-refractivity contribution in [3.05, 3.63) is 65.2 Å². The molecule has 0 aromatic heterocycles. The number of alkyl halides is 3. The molecule has 1 saturated carbocycles. The molecule has 33 heavy (non-hydrogen) atoms. The molecule has 5 nitrogen and oxygen atoms in total. The lowest BCUT2D eigenvalue weighted by Gasteiger charge is -2.45. The maximum atomic E-state index is 14.0. The molecule has 4 rings (SSSR count). The lowest BCUT2D eigenvalue weighted by molar-refractivity contribution is -0.150. The van der Waals surface area contributed by atoms with E-state index in [0.29, 0.717) is 21.6 Å². The fourth-order valence-electron chi connectivity index (χ4n) is 4.76. The number of rotatable bonds is 3. The summed E-state index contributed by atoms with van der Waals surface area (Å²) in [5.41, 5.74) is -5.19. The van der Waals surface area contributed by atoms with Gasteiger partial charge in [-0.3, -0.25) is 9.59 Å². The van der Waals surface area contributed by atoms with Crippen molar-refractivity contribution in [2.24, 2.45) is 5.41 Å². The van der Waals surface area contributed by atoms with Gasteiger partial charge >= 0.3 is 11.5 Å². The first-order valence-electron chi connectivity index (χ1n) is 9.93. The summed E-state index contributed by atoms with van der Waals surface area (Å²) < 4.78 is 42.7. The number of nitriles is 1. The van der Waals surface area contributed by atoms with E-state index in [2.05, 4.69) is 4.74 Å². The molecule has 2 aliphatic rings. The van der Waals surface area contributed by atoms with Crippen LogP contribution in [0.5, 0.6) is 0 Å². The summed E-state index contributed by atoms with van der Waals surface area (Å²) >= 11 is 0.578. The highest BCUT2D eigenvalue weighted by atomic mass is 32.2. The Balaban J connectivity index is 1.91. The summed E-state index contributed by atoms with van der Waals surface area (Å²) in [5.74, 6) is -2.27. The zero-order valence-electron chi connectivity index (χ0n) is 17.3. The van der Waals surface area contributed by atoms with Crippen LogP contribution in [0.15, 0.2) is 53.4 Å². The van der Waals surface area contributed by atoms with Gasteiger partial charge in [-0.05, 0) is 53.9 Å². The third-order valence-corrected chi connectivity index (χ3v) is 8.93. The molecule has 4 atom stereocenters. The molecule has 2 aromatic carbocycles. The standard InChI is InChI=1S/C23H18F3NO4S2/c1-31-20(30)22(33-23(24,25)26)11-10-21(19(22)29)17(28)15-4-2-3-5-16(15)32-18(21)14-8-6-13(12-27)7-9-14/h2-9,17-18,28H,10-11H2,1H3/t17-,18-,21+,22+/m0/s1. The molecule has 1 fully saturated rings. The number of nitrogens with zero attached hydrogens (tertiary/aromatic N) is 1. The Kier molecular flexibility index (Phi) is 6.01. The van der Waals surface area contributed by atoms with Gasteiger partial charge in [-0.15, -0.1) is 11.8 Å². The minimum absolute atomic E-state index is 0.142. The van der Waals surface area contributed by atoms with E-state index in [4.69, 9.17) is 5.26 Å². The predicted molar refractivity (Wildman–Crippen MR) is 116 cm³/mol. The van der Waals surface area contributed by atoms with Crippen molar-refractivity contribution >= 4 is 35.3 Å². The van der Waals surface area contributed by atoms with E-state index in [0.717, 1.165) is 7.11 Å². The van der Waals surface area contributed by atoms with Gasteiger partial charge in [-0.2, -0.15) is 18.4 Å². The van der Waals surface area contributed by atoms with Crippen molar-refractivity contribution < 1.29 is 32.6 Å². The van der Waals surface area contributed by atoms with Crippen molar-refractivity contribution in [2.45, 2.75) is 39.3 Å². The Morgan fingerprint density at radius 2 is 1.88 bits per heavy atom. The van der Waals surface area contributed by atoms with Gasteiger partial charge < -0.3 is 9.84 Å². The van der Waals surface area contributed by atoms with Gasteiger partial charge in [0.1, 0.15) is 0 Å². The number of halogens is 3. The molecule has 0 bridgehead atoms. The number of Topliss-reactive ketones (excluding diaryl/α,β-unsaturated/α-hetero) is 1. The van der Waals surface area contributed by atoms with Crippen molar-refractivity contribution in [1.29, 1.82) is 5.26 Å².